The Morgan fingerprint density at radius 2 is 1.92 bits per heavy atom. The SMILES string of the molecule is CCN(C)C1(CC#N)CCCCC1. The molecule has 1 saturated carbocycles. The van der Waals surface area contributed by atoms with Crippen molar-refractivity contribution >= 4 is 0 Å². The molecule has 0 bridgehead atoms. The Labute approximate surface area is 81.5 Å². The minimum Gasteiger partial charge on any atom is -0.300 e. The molecule has 0 saturated heterocycles. The predicted octanol–water partition coefficient (Wildman–Crippen LogP) is 2.55. The summed E-state index contributed by atoms with van der Waals surface area (Å²) >= 11 is 0. The number of rotatable bonds is 3. The van der Waals surface area contributed by atoms with E-state index in [9.17, 15) is 0 Å². The van der Waals surface area contributed by atoms with Crippen molar-refractivity contribution in [1.29, 1.82) is 5.26 Å². The summed E-state index contributed by atoms with van der Waals surface area (Å²) < 4.78 is 0. The summed E-state index contributed by atoms with van der Waals surface area (Å²) in [6, 6.07) is 2.35. The molecule has 0 heterocycles. The second kappa shape index (κ2) is 4.62. The van der Waals surface area contributed by atoms with Gasteiger partial charge < -0.3 is 0 Å². The van der Waals surface area contributed by atoms with E-state index in [-0.39, 0.29) is 5.54 Å². The van der Waals surface area contributed by atoms with Crippen LogP contribution in [0.15, 0.2) is 0 Å². The standard InChI is InChI=1S/C11H20N2/c1-3-13(2)11(9-10-12)7-5-4-6-8-11/h3-9H2,1-2H3. The Morgan fingerprint density at radius 1 is 1.31 bits per heavy atom. The molecule has 0 aromatic rings. The van der Waals surface area contributed by atoms with Crippen molar-refractivity contribution in [3.05, 3.63) is 0 Å². The largest absolute Gasteiger partial charge is 0.300 e. The third-order valence-corrected chi connectivity index (χ3v) is 3.48. The van der Waals surface area contributed by atoms with Crippen molar-refractivity contribution in [2.75, 3.05) is 13.6 Å². The summed E-state index contributed by atoms with van der Waals surface area (Å²) in [5.74, 6) is 0. The number of nitrogens with zero attached hydrogens (tertiary/aromatic N) is 2. The summed E-state index contributed by atoms with van der Waals surface area (Å²) in [6.07, 6.45) is 7.08. The second-order valence-corrected chi connectivity index (χ2v) is 4.13. The molecular weight excluding hydrogens is 160 g/mol. The van der Waals surface area contributed by atoms with Crippen LogP contribution in [-0.4, -0.2) is 24.0 Å². The highest BCUT2D eigenvalue weighted by Crippen LogP contribution is 2.35. The van der Waals surface area contributed by atoms with Crippen molar-refractivity contribution in [3.8, 4) is 6.07 Å². The van der Waals surface area contributed by atoms with Crippen molar-refractivity contribution in [2.45, 2.75) is 51.0 Å². The molecule has 1 rings (SSSR count). The molecule has 0 N–H and O–H groups in total. The summed E-state index contributed by atoms with van der Waals surface area (Å²) in [7, 11) is 2.16. The van der Waals surface area contributed by atoms with E-state index < -0.39 is 0 Å². The smallest absolute Gasteiger partial charge is 0.0641 e. The van der Waals surface area contributed by atoms with Gasteiger partial charge >= 0.3 is 0 Å². The molecule has 1 fully saturated rings. The molecule has 0 amide bonds. The number of nitriles is 1. The van der Waals surface area contributed by atoms with Crippen molar-refractivity contribution < 1.29 is 0 Å². The van der Waals surface area contributed by atoms with Crippen LogP contribution in [-0.2, 0) is 0 Å². The zero-order chi connectivity index (χ0) is 9.73. The Kier molecular flexibility index (Phi) is 3.74. The van der Waals surface area contributed by atoms with Gasteiger partial charge in [0.2, 0.25) is 0 Å². The maximum absolute atomic E-state index is 8.85. The lowest BCUT2D eigenvalue weighted by atomic mass is 9.78. The van der Waals surface area contributed by atoms with Crippen molar-refractivity contribution in [2.24, 2.45) is 0 Å². The lowest BCUT2D eigenvalue weighted by molar-refractivity contribution is 0.0843. The van der Waals surface area contributed by atoms with E-state index in [1.54, 1.807) is 0 Å². The summed E-state index contributed by atoms with van der Waals surface area (Å²) in [6.45, 7) is 3.23. The first kappa shape index (κ1) is 10.5. The summed E-state index contributed by atoms with van der Waals surface area (Å²) in [4.78, 5) is 2.37. The molecule has 0 aromatic heterocycles. The Balaban J connectivity index is 2.67. The van der Waals surface area contributed by atoms with Crippen LogP contribution in [0.2, 0.25) is 0 Å². The predicted molar refractivity (Wildman–Crippen MR) is 54.4 cm³/mol. The van der Waals surface area contributed by atoms with Crippen LogP contribution in [0, 0.1) is 11.3 Å². The van der Waals surface area contributed by atoms with E-state index in [4.69, 9.17) is 5.26 Å². The number of hydrogen-bond acceptors (Lipinski definition) is 2. The van der Waals surface area contributed by atoms with Gasteiger partial charge in [0.05, 0.1) is 12.5 Å². The normalized spacial score (nSPS) is 21.4. The maximum Gasteiger partial charge on any atom is 0.0641 e. The monoisotopic (exact) mass is 180 g/mol. The Hall–Kier alpha value is -0.550. The molecule has 13 heavy (non-hydrogen) atoms. The van der Waals surface area contributed by atoms with Gasteiger partial charge in [-0.3, -0.25) is 4.90 Å². The molecule has 1 aliphatic carbocycles. The van der Waals surface area contributed by atoms with Crippen LogP contribution in [0.1, 0.15) is 45.4 Å². The molecular formula is C11H20N2. The van der Waals surface area contributed by atoms with E-state index in [0.29, 0.717) is 6.42 Å². The Morgan fingerprint density at radius 3 is 2.38 bits per heavy atom. The maximum atomic E-state index is 8.85. The van der Waals surface area contributed by atoms with Gasteiger partial charge in [-0.15, -0.1) is 0 Å². The van der Waals surface area contributed by atoms with Gasteiger partial charge in [0, 0.05) is 5.54 Å². The van der Waals surface area contributed by atoms with Crippen LogP contribution in [0.4, 0.5) is 0 Å². The van der Waals surface area contributed by atoms with Crippen LogP contribution in [0.5, 0.6) is 0 Å². The summed E-state index contributed by atoms with van der Waals surface area (Å²) in [5.41, 5.74) is 0.210. The highest BCUT2D eigenvalue weighted by molar-refractivity contribution is 4.98. The molecule has 0 radical (unpaired) electrons. The fourth-order valence-electron chi connectivity index (χ4n) is 2.39. The quantitative estimate of drug-likeness (QED) is 0.667. The zero-order valence-corrected chi connectivity index (χ0v) is 8.84. The molecule has 0 spiro atoms. The third kappa shape index (κ3) is 2.22. The third-order valence-electron chi connectivity index (χ3n) is 3.48. The second-order valence-electron chi connectivity index (χ2n) is 4.13. The van der Waals surface area contributed by atoms with Gasteiger partial charge in [0.15, 0.2) is 0 Å². The molecule has 2 heteroatoms. The lowest BCUT2D eigenvalue weighted by Crippen LogP contribution is -2.47. The Bertz CT molecular complexity index is 187. The van der Waals surface area contributed by atoms with Gasteiger partial charge in [-0.05, 0) is 26.4 Å². The first-order valence-corrected chi connectivity index (χ1v) is 5.33. The van der Waals surface area contributed by atoms with Crippen molar-refractivity contribution in [1.82, 2.24) is 4.90 Å². The van der Waals surface area contributed by atoms with Crippen LogP contribution in [0.3, 0.4) is 0 Å². The van der Waals surface area contributed by atoms with Crippen LogP contribution < -0.4 is 0 Å². The summed E-state index contributed by atoms with van der Waals surface area (Å²) in [5, 5.41) is 8.85. The molecule has 2 nitrogen and oxygen atoms in total. The average Bonchev–Trinajstić information content (AvgIpc) is 2.18. The van der Waals surface area contributed by atoms with E-state index in [1.807, 2.05) is 0 Å². The minimum absolute atomic E-state index is 0.210. The van der Waals surface area contributed by atoms with Gasteiger partial charge in [-0.1, -0.05) is 26.2 Å². The van der Waals surface area contributed by atoms with Gasteiger partial charge in [-0.25, -0.2) is 0 Å². The van der Waals surface area contributed by atoms with Crippen LogP contribution in [0.25, 0.3) is 0 Å². The molecule has 0 atom stereocenters. The topological polar surface area (TPSA) is 27.0 Å². The molecule has 1 aliphatic rings. The fraction of sp³-hybridized carbons (Fsp3) is 0.909. The zero-order valence-electron chi connectivity index (χ0n) is 8.84. The van der Waals surface area contributed by atoms with Crippen molar-refractivity contribution in [3.63, 3.8) is 0 Å². The van der Waals surface area contributed by atoms with E-state index in [2.05, 4.69) is 24.9 Å². The van der Waals surface area contributed by atoms with E-state index in [0.717, 1.165) is 6.54 Å². The molecule has 0 aliphatic heterocycles. The van der Waals surface area contributed by atoms with Gasteiger partial charge in [-0.2, -0.15) is 5.26 Å². The fourth-order valence-corrected chi connectivity index (χ4v) is 2.39. The molecule has 0 aromatic carbocycles. The van der Waals surface area contributed by atoms with Gasteiger partial charge in [0.25, 0.3) is 0 Å². The van der Waals surface area contributed by atoms with Gasteiger partial charge in [0.1, 0.15) is 0 Å². The number of hydrogen-bond donors (Lipinski definition) is 0. The average molecular weight is 180 g/mol. The van der Waals surface area contributed by atoms with E-state index in [1.165, 1.54) is 32.1 Å². The lowest BCUT2D eigenvalue weighted by Gasteiger charge is -2.43. The molecule has 0 unspecified atom stereocenters. The minimum atomic E-state index is 0.210. The first-order valence-electron chi connectivity index (χ1n) is 5.33. The molecule has 74 valence electrons. The van der Waals surface area contributed by atoms with Crippen LogP contribution >= 0.6 is 0 Å². The highest BCUT2D eigenvalue weighted by Gasteiger charge is 2.34. The first-order chi connectivity index (χ1) is 6.25. The highest BCUT2D eigenvalue weighted by atomic mass is 15.2. The van der Waals surface area contributed by atoms with E-state index >= 15 is 0 Å².